The van der Waals surface area contributed by atoms with Crippen molar-refractivity contribution in [2.45, 2.75) is 6.92 Å². The fourth-order valence-corrected chi connectivity index (χ4v) is 2.79. The van der Waals surface area contributed by atoms with Crippen molar-refractivity contribution in [3.63, 3.8) is 0 Å². The van der Waals surface area contributed by atoms with E-state index in [0.29, 0.717) is 40.5 Å². The molecule has 0 radical (unpaired) electrons. The lowest BCUT2D eigenvalue weighted by molar-refractivity contribution is 0.160. The SMILES string of the molecule is CCO/N=C/c1ccc(OCCOc2c(Cl)cc(OCC=C(Cl)Cl)cc2Cl)cc1. The van der Waals surface area contributed by atoms with Gasteiger partial charge < -0.3 is 19.0 Å². The van der Waals surface area contributed by atoms with E-state index >= 15 is 0 Å². The molecule has 2 aromatic carbocycles. The van der Waals surface area contributed by atoms with Crippen LogP contribution in [0.4, 0.5) is 0 Å². The van der Waals surface area contributed by atoms with Crippen LogP contribution in [0.15, 0.2) is 52.1 Å². The zero-order chi connectivity index (χ0) is 21.1. The maximum absolute atomic E-state index is 6.22. The summed E-state index contributed by atoms with van der Waals surface area (Å²) in [5.74, 6) is 1.54. The van der Waals surface area contributed by atoms with Crippen LogP contribution in [0.3, 0.4) is 0 Å². The second kappa shape index (κ2) is 12.7. The fourth-order valence-electron chi connectivity index (χ4n) is 2.08. The van der Waals surface area contributed by atoms with Crippen LogP contribution in [0.1, 0.15) is 12.5 Å². The third kappa shape index (κ3) is 8.62. The molecule has 0 saturated carbocycles. The summed E-state index contributed by atoms with van der Waals surface area (Å²) in [5.41, 5.74) is 0.909. The minimum absolute atomic E-state index is 0.121. The molecule has 0 bridgehead atoms. The van der Waals surface area contributed by atoms with Gasteiger partial charge in [0.1, 0.15) is 42.4 Å². The number of nitrogens with zero attached hydrogens (tertiary/aromatic N) is 1. The zero-order valence-corrected chi connectivity index (χ0v) is 18.6. The summed E-state index contributed by atoms with van der Waals surface area (Å²) in [6.07, 6.45) is 3.14. The van der Waals surface area contributed by atoms with Crippen molar-refractivity contribution < 1.29 is 19.0 Å². The smallest absolute Gasteiger partial charge is 0.156 e. The third-order valence-corrected chi connectivity index (χ3v) is 4.21. The van der Waals surface area contributed by atoms with Crippen LogP contribution in [-0.4, -0.2) is 32.6 Å². The number of halogens is 4. The Morgan fingerprint density at radius 2 is 1.59 bits per heavy atom. The van der Waals surface area contributed by atoms with Crippen molar-refractivity contribution >= 4 is 52.6 Å². The van der Waals surface area contributed by atoms with Gasteiger partial charge >= 0.3 is 0 Å². The fraction of sp³-hybridized carbons (Fsp3) is 0.250. The molecule has 0 amide bonds. The maximum Gasteiger partial charge on any atom is 0.156 e. The van der Waals surface area contributed by atoms with Gasteiger partial charge in [0.15, 0.2) is 5.75 Å². The first-order valence-electron chi connectivity index (χ1n) is 8.63. The van der Waals surface area contributed by atoms with Crippen molar-refractivity contribution in [2.75, 3.05) is 26.4 Å². The average Bonchev–Trinajstić information content (AvgIpc) is 2.68. The molecule has 0 N–H and O–H groups in total. The lowest BCUT2D eigenvalue weighted by atomic mass is 10.2. The minimum atomic E-state index is 0.121. The molecule has 0 unspecified atom stereocenters. The van der Waals surface area contributed by atoms with Crippen LogP contribution >= 0.6 is 46.4 Å². The predicted molar refractivity (Wildman–Crippen MR) is 118 cm³/mol. The second-order valence-electron chi connectivity index (χ2n) is 5.44. The number of ether oxygens (including phenoxy) is 3. The average molecular weight is 479 g/mol. The quantitative estimate of drug-likeness (QED) is 0.209. The van der Waals surface area contributed by atoms with E-state index in [-0.39, 0.29) is 17.7 Å². The molecule has 0 atom stereocenters. The molecule has 156 valence electrons. The molecule has 0 aliphatic rings. The van der Waals surface area contributed by atoms with Gasteiger partial charge in [-0.2, -0.15) is 0 Å². The number of rotatable bonds is 11. The highest BCUT2D eigenvalue weighted by Gasteiger charge is 2.11. The molecular formula is C20H19Cl4NO4. The van der Waals surface area contributed by atoms with Crippen molar-refractivity contribution in [1.82, 2.24) is 0 Å². The van der Waals surface area contributed by atoms with Gasteiger partial charge in [0.05, 0.1) is 16.3 Å². The van der Waals surface area contributed by atoms with Gasteiger partial charge in [-0.25, -0.2) is 0 Å². The summed E-state index contributed by atoms with van der Waals surface area (Å²) in [6.45, 7) is 3.17. The van der Waals surface area contributed by atoms with Gasteiger partial charge in [-0.3, -0.25) is 0 Å². The summed E-state index contributed by atoms with van der Waals surface area (Å²) in [5, 5.41) is 4.46. The molecule has 0 aromatic heterocycles. The molecule has 0 saturated heterocycles. The number of hydrogen-bond acceptors (Lipinski definition) is 5. The van der Waals surface area contributed by atoms with Crippen LogP contribution < -0.4 is 14.2 Å². The van der Waals surface area contributed by atoms with Crippen LogP contribution in [0, 0.1) is 0 Å². The Bertz CT molecular complexity index is 814. The summed E-state index contributed by atoms with van der Waals surface area (Å²) in [7, 11) is 0. The highest BCUT2D eigenvalue weighted by molar-refractivity contribution is 6.55. The Morgan fingerprint density at radius 3 is 2.21 bits per heavy atom. The maximum atomic E-state index is 6.22. The lowest BCUT2D eigenvalue weighted by Gasteiger charge is -2.13. The van der Waals surface area contributed by atoms with E-state index in [2.05, 4.69) is 5.16 Å². The summed E-state index contributed by atoms with van der Waals surface area (Å²) < 4.78 is 16.9. The van der Waals surface area contributed by atoms with Gasteiger partial charge in [-0.15, -0.1) is 0 Å². The molecule has 2 aromatic rings. The molecule has 5 nitrogen and oxygen atoms in total. The molecule has 0 spiro atoms. The van der Waals surface area contributed by atoms with E-state index in [4.69, 9.17) is 65.5 Å². The largest absolute Gasteiger partial charge is 0.490 e. The van der Waals surface area contributed by atoms with Crippen molar-refractivity contribution in [3.8, 4) is 17.2 Å². The van der Waals surface area contributed by atoms with E-state index in [1.165, 1.54) is 6.08 Å². The third-order valence-electron chi connectivity index (χ3n) is 3.34. The van der Waals surface area contributed by atoms with E-state index in [1.54, 1.807) is 18.3 Å². The first kappa shape index (κ1) is 23.5. The number of benzene rings is 2. The second-order valence-corrected chi connectivity index (χ2v) is 7.26. The molecule has 0 aliphatic heterocycles. The molecule has 0 aliphatic carbocycles. The van der Waals surface area contributed by atoms with Gasteiger partial charge in [-0.1, -0.05) is 51.6 Å². The normalized spacial score (nSPS) is 10.7. The zero-order valence-electron chi connectivity index (χ0n) is 15.5. The Balaban J connectivity index is 1.82. The summed E-state index contributed by atoms with van der Waals surface area (Å²) in [4.78, 5) is 4.92. The van der Waals surface area contributed by atoms with Gasteiger partial charge in [0, 0.05) is 12.1 Å². The van der Waals surface area contributed by atoms with E-state index in [9.17, 15) is 0 Å². The Hall–Kier alpha value is -1.79. The molecular weight excluding hydrogens is 460 g/mol. The van der Waals surface area contributed by atoms with Crippen molar-refractivity contribution in [1.29, 1.82) is 0 Å². The monoisotopic (exact) mass is 477 g/mol. The van der Waals surface area contributed by atoms with Crippen LogP contribution in [-0.2, 0) is 4.84 Å². The van der Waals surface area contributed by atoms with Gasteiger partial charge in [0.2, 0.25) is 0 Å². The lowest BCUT2D eigenvalue weighted by Crippen LogP contribution is -2.09. The molecule has 0 fully saturated rings. The van der Waals surface area contributed by atoms with E-state index < -0.39 is 0 Å². The number of oxime groups is 1. The Labute approximate surface area is 189 Å². The van der Waals surface area contributed by atoms with Gasteiger partial charge in [-0.05, 0) is 42.8 Å². The highest BCUT2D eigenvalue weighted by atomic mass is 35.5. The van der Waals surface area contributed by atoms with E-state index in [0.717, 1.165) is 5.56 Å². The minimum Gasteiger partial charge on any atom is -0.490 e. The molecule has 29 heavy (non-hydrogen) atoms. The Morgan fingerprint density at radius 1 is 0.931 bits per heavy atom. The predicted octanol–water partition coefficient (Wildman–Crippen LogP) is 6.52. The summed E-state index contributed by atoms with van der Waals surface area (Å²) >= 11 is 23.5. The molecule has 2 rings (SSSR count). The first-order chi connectivity index (χ1) is 14.0. The van der Waals surface area contributed by atoms with Crippen LogP contribution in [0.5, 0.6) is 17.2 Å². The standard InChI is InChI=1S/C20H19Cl4NO4/c1-2-29-25-13-14-3-5-15(6-4-14)27-9-10-28-20-17(21)11-16(12-18(20)22)26-8-7-19(23)24/h3-7,11-13H,2,8-10H2,1H3/b25-13+. The topological polar surface area (TPSA) is 49.3 Å². The Kier molecular flexibility index (Phi) is 10.3. The first-order valence-corrected chi connectivity index (χ1v) is 10.1. The highest BCUT2D eigenvalue weighted by Crippen LogP contribution is 2.37. The van der Waals surface area contributed by atoms with Gasteiger partial charge in [0.25, 0.3) is 0 Å². The molecule has 0 heterocycles. The van der Waals surface area contributed by atoms with E-state index in [1.807, 2.05) is 31.2 Å². The summed E-state index contributed by atoms with van der Waals surface area (Å²) in [6, 6.07) is 10.6. The number of hydrogen-bond donors (Lipinski definition) is 0. The van der Waals surface area contributed by atoms with Crippen molar-refractivity contribution in [3.05, 3.63) is 62.6 Å². The van der Waals surface area contributed by atoms with Crippen LogP contribution in [0.2, 0.25) is 10.0 Å². The van der Waals surface area contributed by atoms with Crippen LogP contribution in [0.25, 0.3) is 0 Å². The van der Waals surface area contributed by atoms with Crippen molar-refractivity contribution in [2.24, 2.45) is 5.16 Å². The molecule has 9 heteroatoms.